The van der Waals surface area contributed by atoms with Crippen molar-refractivity contribution in [3.05, 3.63) is 34.9 Å². The minimum Gasteiger partial charge on any atom is -0.388 e. The Hall–Kier alpha value is -1.46. The van der Waals surface area contributed by atoms with Crippen LogP contribution in [-0.4, -0.2) is 19.9 Å². The third-order valence-electron chi connectivity index (χ3n) is 2.71. The molecule has 6 heteroatoms. The van der Waals surface area contributed by atoms with E-state index in [2.05, 4.69) is 10.2 Å². The SMILES string of the molecule is CC(C)(C)n1c(CO)nnc1-c1cc(Cl)ccc1F. The highest BCUT2D eigenvalue weighted by atomic mass is 35.5. The number of aromatic nitrogens is 3. The fourth-order valence-corrected chi connectivity index (χ4v) is 2.14. The standard InChI is InChI=1S/C13H15ClFN3O/c1-13(2,3)18-11(7-19)16-17-12(18)9-6-8(14)4-5-10(9)15/h4-6,19H,7H2,1-3H3. The summed E-state index contributed by atoms with van der Waals surface area (Å²) in [6.07, 6.45) is 0. The highest BCUT2D eigenvalue weighted by Gasteiger charge is 2.25. The van der Waals surface area contributed by atoms with Crippen molar-refractivity contribution in [2.75, 3.05) is 0 Å². The van der Waals surface area contributed by atoms with E-state index in [1.54, 1.807) is 4.57 Å². The first-order valence-electron chi connectivity index (χ1n) is 5.85. The van der Waals surface area contributed by atoms with Crippen molar-refractivity contribution in [2.24, 2.45) is 0 Å². The summed E-state index contributed by atoms with van der Waals surface area (Å²) in [7, 11) is 0. The van der Waals surface area contributed by atoms with Gasteiger partial charge in [-0.1, -0.05) is 11.6 Å². The zero-order valence-corrected chi connectivity index (χ0v) is 11.7. The van der Waals surface area contributed by atoms with Gasteiger partial charge in [-0.15, -0.1) is 10.2 Å². The van der Waals surface area contributed by atoms with Crippen molar-refractivity contribution in [3.8, 4) is 11.4 Å². The molecular formula is C13H15ClFN3O. The summed E-state index contributed by atoms with van der Waals surface area (Å²) >= 11 is 5.90. The Morgan fingerprint density at radius 1 is 1.32 bits per heavy atom. The molecule has 4 nitrogen and oxygen atoms in total. The van der Waals surface area contributed by atoms with Crippen LogP contribution in [0.3, 0.4) is 0 Å². The number of hydrogen-bond donors (Lipinski definition) is 1. The van der Waals surface area contributed by atoms with Crippen LogP contribution in [0.25, 0.3) is 11.4 Å². The maximum Gasteiger partial charge on any atom is 0.167 e. The van der Waals surface area contributed by atoms with E-state index in [1.165, 1.54) is 18.2 Å². The molecule has 0 unspecified atom stereocenters. The molecule has 0 aliphatic carbocycles. The molecular weight excluding hydrogens is 269 g/mol. The first-order chi connectivity index (χ1) is 8.84. The predicted molar refractivity (Wildman–Crippen MR) is 71.3 cm³/mol. The van der Waals surface area contributed by atoms with Crippen LogP contribution in [0.15, 0.2) is 18.2 Å². The fraction of sp³-hybridized carbons (Fsp3) is 0.385. The summed E-state index contributed by atoms with van der Waals surface area (Å²) in [6, 6.07) is 4.27. The molecule has 102 valence electrons. The van der Waals surface area contributed by atoms with E-state index in [4.69, 9.17) is 11.6 Å². The minimum absolute atomic E-state index is 0.257. The highest BCUT2D eigenvalue weighted by Crippen LogP contribution is 2.29. The summed E-state index contributed by atoms with van der Waals surface area (Å²) in [4.78, 5) is 0. The van der Waals surface area contributed by atoms with Crippen molar-refractivity contribution in [1.29, 1.82) is 0 Å². The Kier molecular flexibility index (Phi) is 3.60. The first-order valence-corrected chi connectivity index (χ1v) is 6.23. The predicted octanol–water partition coefficient (Wildman–Crippen LogP) is 2.98. The van der Waals surface area contributed by atoms with Crippen LogP contribution >= 0.6 is 11.6 Å². The van der Waals surface area contributed by atoms with Crippen LogP contribution in [-0.2, 0) is 12.1 Å². The molecule has 0 atom stereocenters. The van der Waals surface area contributed by atoms with Gasteiger partial charge in [-0.3, -0.25) is 0 Å². The van der Waals surface area contributed by atoms with Gasteiger partial charge in [-0.2, -0.15) is 0 Å². The van der Waals surface area contributed by atoms with Crippen LogP contribution in [0.2, 0.25) is 5.02 Å². The lowest BCUT2D eigenvalue weighted by atomic mass is 10.1. The maximum atomic E-state index is 13.9. The number of benzene rings is 1. The van der Waals surface area contributed by atoms with Crippen molar-refractivity contribution < 1.29 is 9.50 Å². The normalized spacial score (nSPS) is 11.9. The molecule has 1 aromatic heterocycles. The number of aliphatic hydroxyl groups excluding tert-OH is 1. The third-order valence-corrected chi connectivity index (χ3v) is 2.95. The summed E-state index contributed by atoms with van der Waals surface area (Å²) in [5, 5.41) is 17.6. The Morgan fingerprint density at radius 3 is 2.58 bits per heavy atom. The second kappa shape index (κ2) is 4.90. The number of hydrogen-bond acceptors (Lipinski definition) is 3. The van der Waals surface area contributed by atoms with Crippen LogP contribution in [0.5, 0.6) is 0 Å². The van der Waals surface area contributed by atoms with Gasteiger partial charge in [-0.05, 0) is 39.0 Å². The molecule has 1 N–H and O–H groups in total. The molecule has 0 saturated heterocycles. The molecule has 1 aromatic carbocycles. The number of rotatable bonds is 2. The lowest BCUT2D eigenvalue weighted by Crippen LogP contribution is -2.25. The Bertz CT molecular complexity index is 604. The second-order valence-corrected chi connectivity index (χ2v) is 5.66. The second-order valence-electron chi connectivity index (χ2n) is 5.23. The lowest BCUT2D eigenvalue weighted by Gasteiger charge is -2.24. The lowest BCUT2D eigenvalue weighted by molar-refractivity contribution is 0.250. The van der Waals surface area contributed by atoms with Crippen molar-refractivity contribution in [3.63, 3.8) is 0 Å². The molecule has 2 aromatic rings. The Morgan fingerprint density at radius 2 is 2.00 bits per heavy atom. The molecule has 0 aliphatic heterocycles. The molecule has 0 bridgehead atoms. The van der Waals surface area contributed by atoms with E-state index in [9.17, 15) is 9.50 Å². The van der Waals surface area contributed by atoms with E-state index in [1.807, 2.05) is 20.8 Å². The molecule has 1 heterocycles. The smallest absolute Gasteiger partial charge is 0.167 e. The fourth-order valence-electron chi connectivity index (χ4n) is 1.97. The van der Waals surface area contributed by atoms with Gasteiger partial charge in [-0.25, -0.2) is 4.39 Å². The molecule has 0 amide bonds. The molecule has 0 saturated carbocycles. The molecule has 2 rings (SSSR count). The van der Waals surface area contributed by atoms with Crippen LogP contribution in [0.1, 0.15) is 26.6 Å². The number of halogens is 2. The quantitative estimate of drug-likeness (QED) is 0.922. The van der Waals surface area contributed by atoms with Gasteiger partial charge in [0, 0.05) is 10.6 Å². The molecule has 0 radical (unpaired) electrons. The zero-order valence-electron chi connectivity index (χ0n) is 11.0. The molecule has 19 heavy (non-hydrogen) atoms. The monoisotopic (exact) mass is 283 g/mol. The Labute approximate surface area is 115 Å². The minimum atomic E-state index is -0.424. The third kappa shape index (κ3) is 2.62. The van der Waals surface area contributed by atoms with Gasteiger partial charge in [0.1, 0.15) is 12.4 Å². The van der Waals surface area contributed by atoms with E-state index in [0.29, 0.717) is 16.7 Å². The van der Waals surface area contributed by atoms with E-state index < -0.39 is 5.82 Å². The van der Waals surface area contributed by atoms with E-state index in [0.717, 1.165) is 0 Å². The van der Waals surface area contributed by atoms with Gasteiger partial charge in [0.05, 0.1) is 5.56 Å². The van der Waals surface area contributed by atoms with Gasteiger partial charge in [0.25, 0.3) is 0 Å². The average molecular weight is 284 g/mol. The molecule has 0 fully saturated rings. The van der Waals surface area contributed by atoms with Gasteiger partial charge in [0.2, 0.25) is 0 Å². The molecule has 0 aliphatic rings. The van der Waals surface area contributed by atoms with Gasteiger partial charge in [0.15, 0.2) is 11.6 Å². The van der Waals surface area contributed by atoms with Crippen molar-refractivity contribution in [2.45, 2.75) is 32.9 Å². The largest absolute Gasteiger partial charge is 0.388 e. The first kappa shape index (κ1) is 14.0. The van der Waals surface area contributed by atoms with Crippen LogP contribution in [0.4, 0.5) is 4.39 Å². The van der Waals surface area contributed by atoms with Crippen molar-refractivity contribution in [1.82, 2.24) is 14.8 Å². The van der Waals surface area contributed by atoms with Crippen LogP contribution < -0.4 is 0 Å². The van der Waals surface area contributed by atoms with E-state index in [-0.39, 0.29) is 17.7 Å². The van der Waals surface area contributed by atoms with Gasteiger partial charge >= 0.3 is 0 Å². The summed E-state index contributed by atoms with van der Waals surface area (Å²) in [6.45, 7) is 5.54. The maximum absolute atomic E-state index is 13.9. The molecule has 0 spiro atoms. The van der Waals surface area contributed by atoms with Gasteiger partial charge < -0.3 is 9.67 Å². The Balaban J connectivity index is 2.69. The van der Waals surface area contributed by atoms with Crippen LogP contribution in [0, 0.1) is 5.82 Å². The number of aliphatic hydroxyl groups is 1. The highest BCUT2D eigenvalue weighted by molar-refractivity contribution is 6.30. The number of nitrogens with zero attached hydrogens (tertiary/aromatic N) is 3. The van der Waals surface area contributed by atoms with E-state index >= 15 is 0 Å². The zero-order chi connectivity index (χ0) is 14.2. The average Bonchev–Trinajstić information content (AvgIpc) is 2.75. The van der Waals surface area contributed by atoms with Crippen molar-refractivity contribution >= 4 is 11.6 Å². The summed E-state index contributed by atoms with van der Waals surface area (Å²) < 4.78 is 15.6. The summed E-state index contributed by atoms with van der Waals surface area (Å²) in [5.41, 5.74) is -0.110. The topological polar surface area (TPSA) is 50.9 Å². The summed E-state index contributed by atoms with van der Waals surface area (Å²) in [5.74, 6) is 0.324.